The molecule has 1 aromatic heterocycles. The summed E-state index contributed by atoms with van der Waals surface area (Å²) in [6.45, 7) is 6.51. The van der Waals surface area contributed by atoms with Crippen molar-refractivity contribution in [2.75, 3.05) is 5.32 Å². The van der Waals surface area contributed by atoms with E-state index >= 15 is 0 Å². The van der Waals surface area contributed by atoms with E-state index in [1.807, 2.05) is 12.3 Å². The second-order valence-corrected chi connectivity index (χ2v) is 7.69. The topological polar surface area (TPSA) is 73.6 Å². The summed E-state index contributed by atoms with van der Waals surface area (Å²) in [6.07, 6.45) is 6.59. The smallest absolute Gasteiger partial charge is 0.223 e. The number of allylic oxidation sites excluding steroid dienone is 2. The molecule has 0 saturated heterocycles. The zero-order valence-electron chi connectivity index (χ0n) is 14.4. The highest BCUT2D eigenvalue weighted by molar-refractivity contribution is 8.06. The third kappa shape index (κ3) is 3.41. The van der Waals surface area contributed by atoms with Crippen molar-refractivity contribution in [3.05, 3.63) is 34.1 Å². The number of nitrogens with one attached hydrogen (secondary N) is 2. The van der Waals surface area contributed by atoms with Gasteiger partial charge in [0.05, 0.1) is 10.7 Å². The van der Waals surface area contributed by atoms with Crippen LogP contribution in [0.3, 0.4) is 0 Å². The van der Waals surface area contributed by atoms with Crippen LogP contribution in [0.2, 0.25) is 0 Å². The third-order valence-electron chi connectivity index (χ3n) is 4.98. The van der Waals surface area contributed by atoms with Crippen molar-refractivity contribution in [1.82, 2.24) is 15.3 Å². The highest BCUT2D eigenvalue weighted by Gasteiger charge is 2.34. The van der Waals surface area contributed by atoms with Gasteiger partial charge >= 0.3 is 0 Å². The van der Waals surface area contributed by atoms with E-state index in [0.29, 0.717) is 23.1 Å². The summed E-state index contributed by atoms with van der Waals surface area (Å²) in [5.41, 5.74) is 2.26. The second kappa shape index (κ2) is 6.86. The third-order valence-corrected chi connectivity index (χ3v) is 6.00. The Labute approximate surface area is 147 Å². The Morgan fingerprint density at radius 2 is 2.33 bits per heavy atom. The van der Waals surface area contributed by atoms with Gasteiger partial charge in [-0.05, 0) is 44.1 Å². The number of hydrogen-bond donors (Lipinski definition) is 2. The zero-order valence-corrected chi connectivity index (χ0v) is 15.2. The van der Waals surface area contributed by atoms with Crippen molar-refractivity contribution >= 4 is 23.3 Å². The van der Waals surface area contributed by atoms with Crippen LogP contribution in [0.5, 0.6) is 0 Å². The first-order valence-electron chi connectivity index (χ1n) is 8.38. The van der Waals surface area contributed by atoms with Gasteiger partial charge in [-0.1, -0.05) is 31.5 Å². The van der Waals surface area contributed by atoms with Crippen LogP contribution in [0.1, 0.15) is 52.1 Å². The van der Waals surface area contributed by atoms with E-state index in [9.17, 15) is 5.26 Å². The number of anilines is 1. The van der Waals surface area contributed by atoms with Crippen molar-refractivity contribution in [2.24, 2.45) is 5.92 Å². The maximum Gasteiger partial charge on any atom is 0.223 e. The Kier molecular flexibility index (Phi) is 4.81. The summed E-state index contributed by atoms with van der Waals surface area (Å²) >= 11 is 1.52. The standard InChI is InChI=1S/C18H23N5S/c1-12-6-4-5-8-18(12,3)23-17-20-9-7-15(22-17)14(10-19)16-21-13(2)11-24-16/h7,9,11-12,21H,4-6,8H2,1-3H3,(H,20,22,23). The van der Waals surface area contributed by atoms with Gasteiger partial charge in [0.1, 0.15) is 11.6 Å². The fourth-order valence-electron chi connectivity index (χ4n) is 3.24. The molecule has 5 nitrogen and oxygen atoms in total. The molecule has 0 bridgehead atoms. The number of rotatable bonds is 3. The number of thioether (sulfide) groups is 1. The van der Waals surface area contributed by atoms with E-state index < -0.39 is 0 Å². The van der Waals surface area contributed by atoms with E-state index in [1.54, 1.807) is 12.3 Å². The lowest BCUT2D eigenvalue weighted by atomic mass is 9.75. The number of nitrogens with zero attached hydrogens (tertiary/aromatic N) is 3. The average molecular weight is 341 g/mol. The Morgan fingerprint density at radius 1 is 1.50 bits per heavy atom. The summed E-state index contributed by atoms with van der Waals surface area (Å²) in [5, 5.41) is 19.1. The average Bonchev–Trinajstić information content (AvgIpc) is 2.98. The van der Waals surface area contributed by atoms with Crippen LogP contribution >= 0.6 is 11.8 Å². The van der Waals surface area contributed by atoms with Crippen molar-refractivity contribution in [2.45, 2.75) is 52.0 Å². The molecule has 1 aliphatic heterocycles. The number of nitriles is 1. The lowest BCUT2D eigenvalue weighted by molar-refractivity contribution is 0.248. The molecule has 0 radical (unpaired) electrons. The minimum Gasteiger partial charge on any atom is -0.352 e. The molecule has 3 rings (SSSR count). The van der Waals surface area contributed by atoms with Gasteiger partial charge in [-0.3, -0.25) is 0 Å². The molecule has 0 amide bonds. The second-order valence-electron chi connectivity index (χ2n) is 6.81. The molecule has 2 heterocycles. The van der Waals surface area contributed by atoms with Crippen LogP contribution in [0, 0.1) is 17.2 Å². The van der Waals surface area contributed by atoms with E-state index in [1.165, 1.54) is 31.0 Å². The molecule has 2 aliphatic rings. The fourth-order valence-corrected chi connectivity index (χ4v) is 4.08. The summed E-state index contributed by atoms with van der Waals surface area (Å²) in [4.78, 5) is 8.99. The van der Waals surface area contributed by atoms with E-state index in [2.05, 4.69) is 40.5 Å². The molecule has 24 heavy (non-hydrogen) atoms. The maximum atomic E-state index is 9.57. The van der Waals surface area contributed by atoms with Gasteiger partial charge in [0.2, 0.25) is 5.95 Å². The Balaban J connectivity index is 1.86. The number of hydrogen-bond acceptors (Lipinski definition) is 6. The van der Waals surface area contributed by atoms with Crippen LogP contribution in [0.15, 0.2) is 28.4 Å². The zero-order chi connectivity index (χ0) is 17.2. The molecule has 0 spiro atoms. The molecule has 2 unspecified atom stereocenters. The van der Waals surface area contributed by atoms with Gasteiger partial charge in [0, 0.05) is 17.4 Å². The van der Waals surface area contributed by atoms with Crippen molar-refractivity contribution in [3.8, 4) is 6.07 Å². The first kappa shape index (κ1) is 16.8. The molecule has 6 heteroatoms. The predicted molar refractivity (Wildman–Crippen MR) is 98.7 cm³/mol. The first-order chi connectivity index (χ1) is 11.5. The minimum absolute atomic E-state index is 0.00925. The van der Waals surface area contributed by atoms with Crippen LogP contribution < -0.4 is 10.6 Å². The predicted octanol–water partition coefficient (Wildman–Crippen LogP) is 4.25. The van der Waals surface area contributed by atoms with Gasteiger partial charge in [0.25, 0.3) is 0 Å². The van der Waals surface area contributed by atoms with Gasteiger partial charge in [0.15, 0.2) is 0 Å². The first-order valence-corrected chi connectivity index (χ1v) is 9.26. The molecule has 1 fully saturated rings. The highest BCUT2D eigenvalue weighted by Crippen LogP contribution is 2.36. The molecule has 1 saturated carbocycles. The van der Waals surface area contributed by atoms with Gasteiger partial charge in [-0.15, -0.1) is 0 Å². The summed E-state index contributed by atoms with van der Waals surface area (Å²) < 4.78 is 0. The number of aromatic nitrogens is 2. The van der Waals surface area contributed by atoms with Crippen LogP contribution in [-0.2, 0) is 0 Å². The Bertz CT molecular complexity index is 733. The lowest BCUT2D eigenvalue weighted by Gasteiger charge is -2.40. The quantitative estimate of drug-likeness (QED) is 0.801. The molecule has 1 aliphatic carbocycles. The van der Waals surface area contributed by atoms with E-state index in [0.717, 1.165) is 17.1 Å². The monoisotopic (exact) mass is 341 g/mol. The van der Waals surface area contributed by atoms with Gasteiger partial charge in [-0.2, -0.15) is 5.26 Å². The highest BCUT2D eigenvalue weighted by atomic mass is 32.2. The lowest BCUT2D eigenvalue weighted by Crippen LogP contribution is -2.44. The normalized spacial score (nSPS) is 28.6. The summed E-state index contributed by atoms with van der Waals surface area (Å²) in [7, 11) is 0. The minimum atomic E-state index is 0.00925. The van der Waals surface area contributed by atoms with Gasteiger partial charge < -0.3 is 10.6 Å². The van der Waals surface area contributed by atoms with E-state index in [4.69, 9.17) is 0 Å². The maximum absolute atomic E-state index is 9.57. The van der Waals surface area contributed by atoms with Crippen LogP contribution in [0.25, 0.3) is 5.57 Å². The molecule has 0 aromatic carbocycles. The largest absolute Gasteiger partial charge is 0.352 e. The van der Waals surface area contributed by atoms with Gasteiger partial charge in [-0.25, -0.2) is 9.97 Å². The molecule has 1 aromatic rings. The van der Waals surface area contributed by atoms with E-state index in [-0.39, 0.29) is 5.54 Å². The molecular formula is C18H23N5S. The fraction of sp³-hybridized carbons (Fsp3) is 0.500. The molecule has 126 valence electrons. The van der Waals surface area contributed by atoms with Crippen molar-refractivity contribution in [3.63, 3.8) is 0 Å². The van der Waals surface area contributed by atoms with Crippen LogP contribution in [-0.4, -0.2) is 15.5 Å². The molecule has 2 atom stereocenters. The Morgan fingerprint density at radius 3 is 3.00 bits per heavy atom. The molecular weight excluding hydrogens is 318 g/mol. The van der Waals surface area contributed by atoms with Crippen molar-refractivity contribution < 1.29 is 0 Å². The molecule has 2 N–H and O–H groups in total. The van der Waals surface area contributed by atoms with Crippen LogP contribution in [0.4, 0.5) is 5.95 Å². The Hall–Kier alpha value is -2.00. The SMILES string of the molecule is CC1=CSC(=C(C#N)c2ccnc(NC3(C)CCCCC3C)n2)N1. The van der Waals surface area contributed by atoms with Crippen molar-refractivity contribution in [1.29, 1.82) is 5.26 Å². The summed E-state index contributed by atoms with van der Waals surface area (Å²) in [6, 6.07) is 4.07. The summed E-state index contributed by atoms with van der Waals surface area (Å²) in [5.74, 6) is 1.18.